The van der Waals surface area contributed by atoms with E-state index in [0.717, 1.165) is 18.4 Å². The number of hydrazone groups is 1. The molecular weight excluding hydrogens is 218 g/mol. The van der Waals surface area contributed by atoms with Gasteiger partial charge in [-0.15, -0.1) is 0 Å². The molecule has 0 aliphatic heterocycles. The monoisotopic (exact) mass is 235 g/mol. The highest BCUT2D eigenvalue weighted by Crippen LogP contribution is 1.99. The molecule has 0 aliphatic rings. The number of rotatable bonds is 7. The summed E-state index contributed by atoms with van der Waals surface area (Å²) in [6.45, 7) is 2.69. The second-order valence-corrected chi connectivity index (χ2v) is 3.38. The standard InChI is InChI=1S/C12H17N3O2/c1-2-3-9-17-15-12(14-13-10-16)11-7-5-4-6-8-11/h4-8,10H,2-3,9H2,1H3,(H,13,16)(H,14,15). The number of nitrogens with one attached hydrogen (secondary N) is 2. The van der Waals surface area contributed by atoms with E-state index in [1.165, 1.54) is 0 Å². The third-order valence-corrected chi connectivity index (χ3v) is 2.05. The second kappa shape index (κ2) is 8.29. The number of hydroxylamine groups is 1. The fraction of sp³-hybridized carbons (Fsp3) is 0.333. The van der Waals surface area contributed by atoms with Crippen molar-refractivity contribution >= 4 is 12.2 Å². The summed E-state index contributed by atoms with van der Waals surface area (Å²) >= 11 is 0. The molecule has 17 heavy (non-hydrogen) atoms. The van der Waals surface area contributed by atoms with Crippen LogP contribution in [0.2, 0.25) is 0 Å². The highest BCUT2D eigenvalue weighted by atomic mass is 16.6. The van der Waals surface area contributed by atoms with Crippen LogP contribution in [-0.4, -0.2) is 18.9 Å². The van der Waals surface area contributed by atoms with Crippen LogP contribution in [0.4, 0.5) is 0 Å². The van der Waals surface area contributed by atoms with Gasteiger partial charge >= 0.3 is 0 Å². The Hall–Kier alpha value is -1.88. The number of carbonyl (C=O) groups excluding carboxylic acids is 1. The van der Waals surface area contributed by atoms with E-state index in [9.17, 15) is 4.79 Å². The van der Waals surface area contributed by atoms with Crippen molar-refractivity contribution in [2.45, 2.75) is 19.8 Å². The van der Waals surface area contributed by atoms with Gasteiger partial charge in [-0.1, -0.05) is 43.7 Å². The molecule has 0 aromatic heterocycles. The van der Waals surface area contributed by atoms with Crippen LogP contribution in [0.3, 0.4) is 0 Å². The lowest BCUT2D eigenvalue weighted by Gasteiger charge is -2.09. The zero-order valence-electron chi connectivity index (χ0n) is 9.85. The first kappa shape index (κ1) is 13.2. The maximum absolute atomic E-state index is 10.2. The van der Waals surface area contributed by atoms with Gasteiger partial charge in [-0.25, -0.2) is 10.9 Å². The Morgan fingerprint density at radius 1 is 1.41 bits per heavy atom. The van der Waals surface area contributed by atoms with Gasteiger partial charge in [0.1, 0.15) is 0 Å². The molecule has 5 nitrogen and oxygen atoms in total. The van der Waals surface area contributed by atoms with Crippen molar-refractivity contribution in [1.29, 1.82) is 0 Å². The molecule has 1 aromatic rings. The molecule has 92 valence electrons. The van der Waals surface area contributed by atoms with Crippen LogP contribution in [0.25, 0.3) is 0 Å². The van der Waals surface area contributed by atoms with Crippen molar-refractivity contribution in [2.75, 3.05) is 6.61 Å². The normalized spacial score (nSPS) is 11.0. The van der Waals surface area contributed by atoms with Crippen molar-refractivity contribution in [3.8, 4) is 0 Å². The number of amidine groups is 1. The van der Waals surface area contributed by atoms with E-state index >= 15 is 0 Å². The lowest BCUT2D eigenvalue weighted by atomic mass is 10.2. The average molecular weight is 235 g/mol. The molecule has 0 bridgehead atoms. The number of carbonyl (C=O) groups is 1. The molecule has 0 unspecified atom stereocenters. The van der Waals surface area contributed by atoms with Gasteiger partial charge in [0.2, 0.25) is 6.41 Å². The number of hydrogen-bond donors (Lipinski definition) is 2. The van der Waals surface area contributed by atoms with E-state index in [1.807, 2.05) is 30.3 Å². The van der Waals surface area contributed by atoms with E-state index in [1.54, 1.807) is 0 Å². The van der Waals surface area contributed by atoms with Crippen molar-refractivity contribution in [1.82, 2.24) is 10.9 Å². The van der Waals surface area contributed by atoms with Gasteiger partial charge in [0.25, 0.3) is 0 Å². The van der Waals surface area contributed by atoms with Crippen LogP contribution in [0.5, 0.6) is 0 Å². The molecule has 0 spiro atoms. The fourth-order valence-electron chi connectivity index (χ4n) is 1.17. The van der Waals surface area contributed by atoms with Gasteiger partial charge in [-0.2, -0.15) is 5.10 Å². The minimum Gasteiger partial charge on any atom is -0.277 e. The lowest BCUT2D eigenvalue weighted by Crippen LogP contribution is -2.27. The highest BCUT2D eigenvalue weighted by Gasteiger charge is 2.02. The second-order valence-electron chi connectivity index (χ2n) is 3.38. The molecule has 1 amide bonds. The van der Waals surface area contributed by atoms with Crippen molar-refractivity contribution in [3.05, 3.63) is 35.9 Å². The van der Waals surface area contributed by atoms with Crippen molar-refractivity contribution in [2.24, 2.45) is 5.10 Å². The number of hydrogen-bond acceptors (Lipinski definition) is 3. The molecule has 1 rings (SSSR count). The summed E-state index contributed by atoms with van der Waals surface area (Å²) in [6, 6.07) is 9.44. The van der Waals surface area contributed by atoms with Gasteiger partial charge < -0.3 is 0 Å². The average Bonchev–Trinajstić information content (AvgIpc) is 2.39. The quantitative estimate of drug-likeness (QED) is 0.247. The van der Waals surface area contributed by atoms with Crippen LogP contribution in [-0.2, 0) is 9.63 Å². The van der Waals surface area contributed by atoms with Crippen LogP contribution in [0.15, 0.2) is 35.4 Å². The Morgan fingerprint density at radius 3 is 2.82 bits per heavy atom. The van der Waals surface area contributed by atoms with E-state index in [4.69, 9.17) is 4.84 Å². The zero-order valence-corrected chi connectivity index (χ0v) is 9.85. The van der Waals surface area contributed by atoms with E-state index in [2.05, 4.69) is 22.9 Å². The first-order valence-corrected chi connectivity index (χ1v) is 5.58. The smallest absolute Gasteiger partial charge is 0.227 e. The lowest BCUT2D eigenvalue weighted by molar-refractivity contribution is -0.109. The largest absolute Gasteiger partial charge is 0.277 e. The SMILES string of the molecule is CCCCON/C(=N\NC=O)c1ccccc1. The van der Waals surface area contributed by atoms with Gasteiger partial charge in [-0.3, -0.25) is 9.63 Å². The Kier molecular flexibility index (Phi) is 6.43. The fourth-order valence-corrected chi connectivity index (χ4v) is 1.17. The van der Waals surface area contributed by atoms with Crippen LogP contribution >= 0.6 is 0 Å². The molecule has 0 aliphatic carbocycles. The predicted molar refractivity (Wildman–Crippen MR) is 66.2 cm³/mol. The zero-order chi connectivity index (χ0) is 12.3. The van der Waals surface area contributed by atoms with Crippen LogP contribution in [0, 0.1) is 0 Å². The molecular formula is C12H17N3O2. The van der Waals surface area contributed by atoms with E-state index < -0.39 is 0 Å². The van der Waals surface area contributed by atoms with E-state index in [0.29, 0.717) is 18.9 Å². The predicted octanol–water partition coefficient (Wildman–Crippen LogP) is 1.42. The minimum atomic E-state index is 0.480. The maximum atomic E-state index is 10.2. The Morgan fingerprint density at radius 2 is 2.18 bits per heavy atom. The molecule has 0 atom stereocenters. The molecule has 2 N–H and O–H groups in total. The number of benzene rings is 1. The van der Waals surface area contributed by atoms with Gasteiger partial charge in [-0.05, 0) is 6.42 Å². The number of unbranched alkanes of at least 4 members (excludes halogenated alkanes) is 1. The molecule has 5 heteroatoms. The van der Waals surface area contributed by atoms with Crippen molar-refractivity contribution in [3.63, 3.8) is 0 Å². The summed E-state index contributed by atoms with van der Waals surface area (Å²) in [5.41, 5.74) is 5.83. The third kappa shape index (κ3) is 5.12. The Labute approximate surface area is 101 Å². The molecule has 0 fully saturated rings. The number of nitrogens with zero attached hydrogens (tertiary/aromatic N) is 1. The summed E-state index contributed by atoms with van der Waals surface area (Å²) in [5.74, 6) is 0.480. The first-order chi connectivity index (χ1) is 8.38. The Bertz CT molecular complexity index is 352. The summed E-state index contributed by atoms with van der Waals surface area (Å²) in [4.78, 5) is 15.5. The van der Waals surface area contributed by atoms with Gasteiger partial charge in [0, 0.05) is 5.56 Å². The minimum absolute atomic E-state index is 0.480. The number of amides is 1. The molecule has 0 heterocycles. The van der Waals surface area contributed by atoms with E-state index in [-0.39, 0.29) is 0 Å². The summed E-state index contributed by atoms with van der Waals surface area (Å²) < 4.78 is 0. The maximum Gasteiger partial charge on any atom is 0.227 e. The van der Waals surface area contributed by atoms with Crippen LogP contribution < -0.4 is 10.9 Å². The Balaban J connectivity index is 2.58. The first-order valence-electron chi connectivity index (χ1n) is 5.58. The topological polar surface area (TPSA) is 62.7 Å². The van der Waals surface area contributed by atoms with Gasteiger partial charge in [0.15, 0.2) is 5.84 Å². The van der Waals surface area contributed by atoms with Crippen molar-refractivity contribution < 1.29 is 9.63 Å². The summed E-state index contributed by atoms with van der Waals surface area (Å²) in [5, 5.41) is 3.87. The van der Waals surface area contributed by atoms with Crippen LogP contribution in [0.1, 0.15) is 25.3 Å². The highest BCUT2D eigenvalue weighted by molar-refractivity contribution is 5.98. The van der Waals surface area contributed by atoms with Gasteiger partial charge in [0.05, 0.1) is 6.61 Å². The summed E-state index contributed by atoms with van der Waals surface area (Å²) in [7, 11) is 0. The third-order valence-electron chi connectivity index (χ3n) is 2.05. The molecule has 0 saturated carbocycles. The molecule has 0 radical (unpaired) electrons. The summed E-state index contributed by atoms with van der Waals surface area (Å²) in [6.07, 6.45) is 2.54. The molecule has 0 saturated heterocycles. The molecule has 1 aromatic carbocycles.